The van der Waals surface area contributed by atoms with Crippen LogP contribution in [0.25, 0.3) is 0 Å². The lowest BCUT2D eigenvalue weighted by atomic mass is 10.0. The van der Waals surface area contributed by atoms with Crippen molar-refractivity contribution in [3.8, 4) is 0 Å². The molecule has 2 amide bonds. The van der Waals surface area contributed by atoms with E-state index in [-0.39, 0.29) is 18.4 Å². The number of rotatable bonds is 8. The van der Waals surface area contributed by atoms with Crippen LogP contribution in [0, 0.1) is 0 Å². The number of nitrogens with zero attached hydrogens (tertiary/aromatic N) is 1. The van der Waals surface area contributed by atoms with Crippen LogP contribution in [0.1, 0.15) is 36.3 Å². The maximum atomic E-state index is 13.2. The van der Waals surface area contributed by atoms with Crippen LogP contribution in [-0.4, -0.2) is 16.7 Å². The standard InChI is InChI=1S/C23H23ClN2O3/c1-2-21(27)26(16-17-10-12-19(24)13-11-17)22(18-7-4-3-5-8-18)23(28)25-15-20-9-6-14-29-20/h3-14,22H,2,15-16H2,1H3,(H,25,28)/t22-/m0/s1. The molecule has 0 saturated carbocycles. The van der Waals surface area contributed by atoms with Crippen molar-refractivity contribution < 1.29 is 14.0 Å². The van der Waals surface area contributed by atoms with Crippen LogP contribution in [0.3, 0.4) is 0 Å². The summed E-state index contributed by atoms with van der Waals surface area (Å²) in [6, 6.07) is 19.4. The predicted molar refractivity (Wildman–Crippen MR) is 112 cm³/mol. The van der Waals surface area contributed by atoms with E-state index in [2.05, 4.69) is 5.32 Å². The minimum absolute atomic E-state index is 0.109. The van der Waals surface area contributed by atoms with Gasteiger partial charge in [0.15, 0.2) is 0 Å². The molecule has 2 aromatic carbocycles. The molecule has 5 nitrogen and oxygen atoms in total. The van der Waals surface area contributed by atoms with Crippen molar-refractivity contribution in [2.45, 2.75) is 32.5 Å². The highest BCUT2D eigenvalue weighted by Crippen LogP contribution is 2.25. The number of benzene rings is 2. The van der Waals surface area contributed by atoms with Gasteiger partial charge in [0, 0.05) is 18.0 Å². The van der Waals surface area contributed by atoms with Gasteiger partial charge in [-0.15, -0.1) is 0 Å². The SMILES string of the molecule is CCC(=O)N(Cc1ccc(Cl)cc1)[C@H](C(=O)NCc1ccco1)c1ccccc1. The number of furan rings is 1. The number of carbonyl (C=O) groups excluding carboxylic acids is 2. The van der Waals surface area contributed by atoms with Crippen molar-refractivity contribution in [3.63, 3.8) is 0 Å². The van der Waals surface area contributed by atoms with Crippen LogP contribution in [0.2, 0.25) is 5.02 Å². The van der Waals surface area contributed by atoms with E-state index in [0.717, 1.165) is 11.1 Å². The summed E-state index contributed by atoms with van der Waals surface area (Å²) in [5.74, 6) is 0.279. The molecule has 1 heterocycles. The van der Waals surface area contributed by atoms with Crippen molar-refractivity contribution in [2.24, 2.45) is 0 Å². The van der Waals surface area contributed by atoms with Crippen LogP contribution < -0.4 is 5.32 Å². The fraction of sp³-hybridized carbons (Fsp3) is 0.217. The van der Waals surface area contributed by atoms with Crippen LogP contribution in [0.4, 0.5) is 0 Å². The summed E-state index contributed by atoms with van der Waals surface area (Å²) in [5.41, 5.74) is 1.65. The van der Waals surface area contributed by atoms with Crippen molar-refractivity contribution in [1.29, 1.82) is 0 Å². The van der Waals surface area contributed by atoms with Crippen LogP contribution in [0.5, 0.6) is 0 Å². The third-order valence-corrected chi connectivity index (χ3v) is 4.83. The monoisotopic (exact) mass is 410 g/mol. The van der Waals surface area contributed by atoms with Gasteiger partial charge in [0.05, 0.1) is 12.8 Å². The molecule has 0 aliphatic carbocycles. The lowest BCUT2D eigenvalue weighted by Crippen LogP contribution is -2.43. The number of halogens is 1. The topological polar surface area (TPSA) is 62.6 Å². The summed E-state index contributed by atoms with van der Waals surface area (Å²) in [6.45, 7) is 2.35. The second kappa shape index (κ2) is 9.94. The molecule has 0 fully saturated rings. The Bertz CT molecular complexity index is 925. The fourth-order valence-electron chi connectivity index (χ4n) is 3.11. The number of nitrogens with one attached hydrogen (secondary N) is 1. The summed E-state index contributed by atoms with van der Waals surface area (Å²) in [6.07, 6.45) is 1.85. The van der Waals surface area contributed by atoms with Gasteiger partial charge >= 0.3 is 0 Å². The van der Waals surface area contributed by atoms with Crippen molar-refractivity contribution >= 4 is 23.4 Å². The van der Waals surface area contributed by atoms with Gasteiger partial charge in [-0.2, -0.15) is 0 Å². The first-order valence-electron chi connectivity index (χ1n) is 9.47. The van der Waals surface area contributed by atoms with E-state index in [1.54, 1.807) is 42.4 Å². The average Bonchev–Trinajstić information content (AvgIpc) is 3.27. The zero-order chi connectivity index (χ0) is 20.6. The summed E-state index contributed by atoms with van der Waals surface area (Å²) in [5, 5.41) is 3.51. The molecule has 3 aromatic rings. The molecule has 1 aromatic heterocycles. The Hall–Kier alpha value is -3.05. The molecular formula is C23H23ClN2O3. The Morgan fingerprint density at radius 1 is 1.03 bits per heavy atom. The van der Waals surface area contributed by atoms with Crippen LogP contribution in [0.15, 0.2) is 77.4 Å². The first-order chi connectivity index (χ1) is 14.1. The quantitative estimate of drug-likeness (QED) is 0.584. The molecule has 0 bridgehead atoms. The van der Waals surface area contributed by atoms with E-state index >= 15 is 0 Å². The van der Waals surface area contributed by atoms with Crippen LogP contribution >= 0.6 is 11.6 Å². The number of amides is 2. The maximum Gasteiger partial charge on any atom is 0.247 e. The van der Waals surface area contributed by atoms with Gasteiger partial charge in [0.25, 0.3) is 0 Å². The third-order valence-electron chi connectivity index (χ3n) is 4.58. The zero-order valence-corrected chi connectivity index (χ0v) is 16.9. The largest absolute Gasteiger partial charge is 0.467 e. The molecular weight excluding hydrogens is 388 g/mol. The Morgan fingerprint density at radius 3 is 2.38 bits per heavy atom. The van der Waals surface area contributed by atoms with Crippen LogP contribution in [-0.2, 0) is 22.7 Å². The summed E-state index contributed by atoms with van der Waals surface area (Å²) in [7, 11) is 0. The van der Waals surface area contributed by atoms with Gasteiger partial charge in [0.2, 0.25) is 11.8 Å². The summed E-state index contributed by atoms with van der Waals surface area (Å²) < 4.78 is 5.30. The molecule has 6 heteroatoms. The second-order valence-corrected chi connectivity index (χ2v) is 7.05. The first-order valence-corrected chi connectivity index (χ1v) is 9.85. The normalized spacial score (nSPS) is 11.7. The van der Waals surface area contributed by atoms with Crippen molar-refractivity contribution in [1.82, 2.24) is 10.2 Å². The highest BCUT2D eigenvalue weighted by molar-refractivity contribution is 6.30. The van der Waals surface area contributed by atoms with Gasteiger partial charge in [-0.25, -0.2) is 0 Å². The second-order valence-electron chi connectivity index (χ2n) is 6.61. The van der Waals surface area contributed by atoms with Gasteiger partial charge in [-0.05, 0) is 35.4 Å². The van der Waals surface area contributed by atoms with Gasteiger partial charge in [0.1, 0.15) is 11.8 Å². The van der Waals surface area contributed by atoms with E-state index in [1.165, 1.54) is 0 Å². The minimum Gasteiger partial charge on any atom is -0.467 e. The lowest BCUT2D eigenvalue weighted by molar-refractivity contribution is -0.141. The average molecular weight is 411 g/mol. The molecule has 0 radical (unpaired) electrons. The van der Waals surface area contributed by atoms with E-state index in [9.17, 15) is 9.59 Å². The number of hydrogen-bond donors (Lipinski definition) is 1. The number of hydrogen-bond acceptors (Lipinski definition) is 3. The Morgan fingerprint density at radius 2 is 1.76 bits per heavy atom. The molecule has 1 N–H and O–H groups in total. The van der Waals surface area contributed by atoms with Gasteiger partial charge < -0.3 is 14.6 Å². The third kappa shape index (κ3) is 5.48. The highest BCUT2D eigenvalue weighted by Gasteiger charge is 2.30. The minimum atomic E-state index is -0.755. The molecule has 0 aliphatic heterocycles. The van der Waals surface area contributed by atoms with Crippen molar-refractivity contribution in [3.05, 3.63) is 94.9 Å². The molecule has 0 saturated heterocycles. The summed E-state index contributed by atoms with van der Waals surface area (Å²) >= 11 is 5.98. The molecule has 0 aliphatic rings. The van der Waals surface area contributed by atoms with E-state index in [0.29, 0.717) is 23.7 Å². The maximum absolute atomic E-state index is 13.2. The summed E-state index contributed by atoms with van der Waals surface area (Å²) in [4.78, 5) is 27.6. The number of carbonyl (C=O) groups is 2. The Kier molecular flexibility index (Phi) is 7.09. The fourth-order valence-corrected chi connectivity index (χ4v) is 3.23. The highest BCUT2D eigenvalue weighted by atomic mass is 35.5. The molecule has 1 atom stereocenters. The molecule has 0 spiro atoms. The van der Waals surface area contributed by atoms with Gasteiger partial charge in [-0.3, -0.25) is 9.59 Å². The smallest absolute Gasteiger partial charge is 0.247 e. The predicted octanol–water partition coefficient (Wildman–Crippen LogP) is 4.73. The molecule has 150 valence electrons. The molecule has 0 unspecified atom stereocenters. The Balaban J connectivity index is 1.90. The van der Waals surface area contributed by atoms with E-state index < -0.39 is 6.04 Å². The Labute approximate surface area is 175 Å². The van der Waals surface area contributed by atoms with Crippen molar-refractivity contribution in [2.75, 3.05) is 0 Å². The lowest BCUT2D eigenvalue weighted by Gasteiger charge is -2.31. The first kappa shape index (κ1) is 20.7. The zero-order valence-electron chi connectivity index (χ0n) is 16.2. The molecule has 3 rings (SSSR count). The van der Waals surface area contributed by atoms with E-state index in [1.807, 2.05) is 42.5 Å². The van der Waals surface area contributed by atoms with E-state index in [4.69, 9.17) is 16.0 Å². The molecule has 29 heavy (non-hydrogen) atoms. The van der Waals surface area contributed by atoms with Gasteiger partial charge in [-0.1, -0.05) is 61.0 Å².